The number of hydrogen-bond acceptors (Lipinski definition) is 5. The number of benzene rings is 1. The number of nitro groups is 1. The molecular weight excluding hydrogens is 324 g/mol. The molecule has 1 fully saturated rings. The van der Waals surface area contributed by atoms with Crippen molar-refractivity contribution >= 4 is 17.7 Å². The molecule has 3 rings (SSSR count). The molecule has 2 aliphatic rings. The lowest BCUT2D eigenvalue weighted by atomic mass is 9.86. The maximum absolute atomic E-state index is 12.2. The Morgan fingerprint density at radius 3 is 2.92 bits per heavy atom. The van der Waals surface area contributed by atoms with Crippen LogP contribution in [-0.4, -0.2) is 23.7 Å². The number of non-ortho nitro benzene ring substituents is 1. The molecule has 7 nitrogen and oxygen atoms in total. The summed E-state index contributed by atoms with van der Waals surface area (Å²) in [6.45, 7) is 2.50. The summed E-state index contributed by atoms with van der Waals surface area (Å²) >= 11 is 0. The lowest BCUT2D eigenvalue weighted by Gasteiger charge is -2.29. The second-order valence-corrected chi connectivity index (χ2v) is 6.60. The van der Waals surface area contributed by atoms with Gasteiger partial charge < -0.3 is 14.8 Å². The Morgan fingerprint density at radius 1 is 1.36 bits per heavy atom. The number of rotatable bonds is 4. The summed E-state index contributed by atoms with van der Waals surface area (Å²) in [6.07, 6.45) is 7.45. The zero-order chi connectivity index (χ0) is 17.8. The van der Waals surface area contributed by atoms with Crippen LogP contribution < -0.4 is 10.1 Å². The van der Waals surface area contributed by atoms with E-state index in [1.807, 2.05) is 0 Å². The Morgan fingerprint density at radius 2 is 2.16 bits per heavy atom. The van der Waals surface area contributed by atoms with E-state index in [2.05, 4.69) is 12.2 Å². The van der Waals surface area contributed by atoms with Crippen LogP contribution in [0.3, 0.4) is 0 Å². The smallest absolute Gasteiger partial charge is 0.270 e. The van der Waals surface area contributed by atoms with Gasteiger partial charge in [0.05, 0.1) is 11.5 Å². The Bertz CT molecular complexity index is 701. The van der Waals surface area contributed by atoms with E-state index in [9.17, 15) is 14.9 Å². The van der Waals surface area contributed by atoms with Crippen molar-refractivity contribution in [1.29, 1.82) is 0 Å². The van der Waals surface area contributed by atoms with Crippen LogP contribution in [0.25, 0.3) is 6.08 Å². The van der Waals surface area contributed by atoms with Gasteiger partial charge in [-0.3, -0.25) is 14.9 Å². The average Bonchev–Trinajstić information content (AvgIpc) is 2.61. The SMILES string of the molecule is C[C@@H]1CCCC[C@@H]1NC(=O)/C=C/c1cc([N+](=O)[O-])cc2c1OCOC2. The first-order valence-corrected chi connectivity index (χ1v) is 8.55. The highest BCUT2D eigenvalue weighted by molar-refractivity contribution is 5.92. The Labute approximate surface area is 146 Å². The van der Waals surface area contributed by atoms with Crippen LogP contribution in [0, 0.1) is 16.0 Å². The first-order valence-electron chi connectivity index (χ1n) is 8.55. The fourth-order valence-corrected chi connectivity index (χ4v) is 3.39. The van der Waals surface area contributed by atoms with Crippen molar-refractivity contribution in [2.75, 3.05) is 6.79 Å². The summed E-state index contributed by atoms with van der Waals surface area (Å²) in [4.78, 5) is 22.9. The van der Waals surface area contributed by atoms with E-state index in [1.165, 1.54) is 24.6 Å². The number of nitrogens with zero attached hydrogens (tertiary/aromatic N) is 1. The van der Waals surface area contributed by atoms with E-state index >= 15 is 0 Å². The highest BCUT2D eigenvalue weighted by Gasteiger charge is 2.23. The van der Waals surface area contributed by atoms with Crippen molar-refractivity contribution in [2.45, 2.75) is 45.3 Å². The maximum atomic E-state index is 12.2. The molecule has 1 aliphatic carbocycles. The second kappa shape index (κ2) is 7.65. The minimum Gasteiger partial charge on any atom is -0.467 e. The molecular formula is C18H22N2O5. The first kappa shape index (κ1) is 17.4. The molecule has 7 heteroatoms. The lowest BCUT2D eigenvalue weighted by molar-refractivity contribution is -0.385. The predicted octanol–water partition coefficient (Wildman–Crippen LogP) is 3.17. The zero-order valence-electron chi connectivity index (χ0n) is 14.2. The number of amides is 1. The van der Waals surface area contributed by atoms with Crippen LogP contribution in [0.15, 0.2) is 18.2 Å². The summed E-state index contributed by atoms with van der Waals surface area (Å²) in [7, 11) is 0. The van der Waals surface area contributed by atoms with E-state index in [0.717, 1.165) is 19.3 Å². The zero-order valence-corrected chi connectivity index (χ0v) is 14.2. The molecule has 1 aliphatic heterocycles. The summed E-state index contributed by atoms with van der Waals surface area (Å²) in [5.74, 6) is 0.815. The molecule has 1 aromatic carbocycles. The van der Waals surface area contributed by atoms with Crippen molar-refractivity contribution in [3.8, 4) is 5.75 Å². The van der Waals surface area contributed by atoms with Crippen molar-refractivity contribution in [2.24, 2.45) is 5.92 Å². The van der Waals surface area contributed by atoms with Crippen LogP contribution in [0.5, 0.6) is 5.75 Å². The molecule has 0 spiro atoms. The van der Waals surface area contributed by atoms with Crippen LogP contribution in [0.1, 0.15) is 43.7 Å². The van der Waals surface area contributed by atoms with Crippen LogP contribution in [0.4, 0.5) is 5.69 Å². The van der Waals surface area contributed by atoms with Crippen molar-refractivity contribution in [1.82, 2.24) is 5.32 Å². The standard InChI is InChI=1S/C18H22N2O5/c1-12-4-2-3-5-16(12)19-17(21)7-6-13-8-15(20(22)23)9-14-10-24-11-25-18(13)14/h6-9,12,16H,2-5,10-11H2,1H3,(H,19,21)/b7-6+/t12-,16+/m1/s1. The minimum atomic E-state index is -0.462. The molecule has 1 N–H and O–H groups in total. The largest absolute Gasteiger partial charge is 0.467 e. The fourth-order valence-electron chi connectivity index (χ4n) is 3.39. The molecule has 1 saturated carbocycles. The molecule has 2 atom stereocenters. The van der Waals surface area contributed by atoms with E-state index in [4.69, 9.17) is 9.47 Å². The van der Waals surface area contributed by atoms with Gasteiger partial charge in [0.25, 0.3) is 5.69 Å². The average molecular weight is 346 g/mol. The lowest BCUT2D eigenvalue weighted by Crippen LogP contribution is -2.40. The van der Waals surface area contributed by atoms with Gasteiger partial charge in [0.15, 0.2) is 6.79 Å². The van der Waals surface area contributed by atoms with Crippen molar-refractivity contribution in [3.63, 3.8) is 0 Å². The molecule has 134 valence electrons. The van der Waals surface area contributed by atoms with Gasteiger partial charge in [-0.05, 0) is 24.8 Å². The third-order valence-electron chi connectivity index (χ3n) is 4.79. The maximum Gasteiger partial charge on any atom is 0.270 e. The minimum absolute atomic E-state index is 0.0474. The number of nitrogens with one attached hydrogen (secondary N) is 1. The highest BCUT2D eigenvalue weighted by Crippen LogP contribution is 2.33. The number of fused-ring (bicyclic) bond motifs is 1. The van der Waals surface area contributed by atoms with Gasteiger partial charge in [0, 0.05) is 35.4 Å². The van der Waals surface area contributed by atoms with Gasteiger partial charge in [-0.15, -0.1) is 0 Å². The molecule has 0 unspecified atom stereocenters. The molecule has 0 radical (unpaired) electrons. The molecule has 0 aromatic heterocycles. The van der Waals surface area contributed by atoms with E-state index < -0.39 is 4.92 Å². The number of hydrogen-bond donors (Lipinski definition) is 1. The van der Waals surface area contributed by atoms with Crippen LogP contribution in [0.2, 0.25) is 0 Å². The van der Waals surface area contributed by atoms with E-state index in [-0.39, 0.29) is 31.0 Å². The summed E-state index contributed by atoms with van der Waals surface area (Å²) < 4.78 is 10.6. The normalized spacial score (nSPS) is 22.9. The van der Waals surface area contributed by atoms with Gasteiger partial charge in [0.1, 0.15) is 5.75 Å². The van der Waals surface area contributed by atoms with E-state index in [0.29, 0.717) is 22.8 Å². The van der Waals surface area contributed by atoms with Crippen LogP contribution >= 0.6 is 0 Å². The van der Waals surface area contributed by atoms with Crippen molar-refractivity contribution in [3.05, 3.63) is 39.4 Å². The van der Waals surface area contributed by atoms with Gasteiger partial charge in [-0.2, -0.15) is 0 Å². The fraction of sp³-hybridized carbons (Fsp3) is 0.500. The number of carbonyl (C=O) groups excluding carboxylic acids is 1. The van der Waals surface area contributed by atoms with E-state index in [1.54, 1.807) is 6.08 Å². The topological polar surface area (TPSA) is 90.7 Å². The van der Waals surface area contributed by atoms with Gasteiger partial charge in [0.2, 0.25) is 5.91 Å². The van der Waals surface area contributed by atoms with Gasteiger partial charge in [-0.1, -0.05) is 19.8 Å². The predicted molar refractivity (Wildman–Crippen MR) is 92.0 cm³/mol. The number of carbonyl (C=O) groups is 1. The molecule has 25 heavy (non-hydrogen) atoms. The Hall–Kier alpha value is -2.41. The summed E-state index contributed by atoms with van der Waals surface area (Å²) in [5.41, 5.74) is 1.08. The Kier molecular flexibility index (Phi) is 5.33. The second-order valence-electron chi connectivity index (χ2n) is 6.60. The third-order valence-corrected chi connectivity index (χ3v) is 4.79. The number of nitro benzene ring substituents is 1. The van der Waals surface area contributed by atoms with Crippen molar-refractivity contribution < 1.29 is 19.2 Å². The summed E-state index contributed by atoms with van der Waals surface area (Å²) in [6, 6.07) is 3.04. The molecule has 0 saturated heterocycles. The highest BCUT2D eigenvalue weighted by atomic mass is 16.7. The first-order chi connectivity index (χ1) is 12.0. The number of ether oxygens (including phenoxy) is 2. The third kappa shape index (κ3) is 4.17. The van der Waals surface area contributed by atoms with Crippen LogP contribution in [-0.2, 0) is 16.1 Å². The molecule has 1 heterocycles. The summed E-state index contributed by atoms with van der Waals surface area (Å²) in [5, 5.41) is 14.1. The molecule has 0 bridgehead atoms. The monoisotopic (exact) mass is 346 g/mol. The molecule has 1 aromatic rings. The Balaban J connectivity index is 1.76. The molecule has 1 amide bonds. The van der Waals surface area contributed by atoms with Gasteiger partial charge >= 0.3 is 0 Å². The quantitative estimate of drug-likeness (QED) is 0.514. The van der Waals surface area contributed by atoms with Gasteiger partial charge in [-0.25, -0.2) is 0 Å².